The lowest BCUT2D eigenvalue weighted by molar-refractivity contribution is 0.0661. The number of amides is 1. The van der Waals surface area contributed by atoms with Crippen molar-refractivity contribution >= 4 is 21.6 Å². The summed E-state index contributed by atoms with van der Waals surface area (Å²) in [4.78, 5) is 14.9. The Balaban J connectivity index is 1.36. The minimum atomic E-state index is -3.79. The van der Waals surface area contributed by atoms with Crippen LogP contribution in [0.4, 0.5) is 5.69 Å². The van der Waals surface area contributed by atoms with Gasteiger partial charge in [-0.3, -0.25) is 9.52 Å². The summed E-state index contributed by atoms with van der Waals surface area (Å²) < 4.78 is 34.1. The molecule has 0 spiro atoms. The molecule has 1 aliphatic rings. The lowest BCUT2D eigenvalue weighted by atomic mass is 9.97. The summed E-state index contributed by atoms with van der Waals surface area (Å²) in [5.74, 6) is 1.10. The minimum Gasteiger partial charge on any atom is -0.493 e. The van der Waals surface area contributed by atoms with Crippen LogP contribution in [0.15, 0.2) is 83.8 Å². The standard InChI is InChI=1S/C26H28N2O4S/c1-20-10-12-23(13-11-20)27-33(30,31)25-9-5-6-22(18-25)26(29)28-16-14-21(15-17-28)19-32-24-7-3-2-4-8-24/h2-13,18,21,27H,14-17,19H2,1H3. The molecular weight excluding hydrogens is 436 g/mol. The third-order valence-electron chi connectivity index (χ3n) is 5.83. The lowest BCUT2D eigenvalue weighted by Gasteiger charge is -2.32. The molecule has 0 aromatic heterocycles. The Morgan fingerprint density at radius 2 is 1.67 bits per heavy atom. The van der Waals surface area contributed by atoms with E-state index in [2.05, 4.69) is 4.72 Å². The fraction of sp³-hybridized carbons (Fsp3) is 0.269. The van der Waals surface area contributed by atoms with Crippen LogP contribution in [0.25, 0.3) is 0 Å². The van der Waals surface area contributed by atoms with Crippen LogP contribution in [0, 0.1) is 12.8 Å². The molecule has 172 valence electrons. The average molecular weight is 465 g/mol. The fourth-order valence-electron chi connectivity index (χ4n) is 3.85. The van der Waals surface area contributed by atoms with Crippen LogP contribution in [0.3, 0.4) is 0 Å². The van der Waals surface area contributed by atoms with Gasteiger partial charge in [-0.25, -0.2) is 8.42 Å². The van der Waals surface area contributed by atoms with E-state index in [0.29, 0.717) is 36.9 Å². The smallest absolute Gasteiger partial charge is 0.261 e. The summed E-state index contributed by atoms with van der Waals surface area (Å²) in [5.41, 5.74) is 1.90. The van der Waals surface area contributed by atoms with Crippen LogP contribution in [0.1, 0.15) is 28.8 Å². The Labute approximate surface area is 195 Å². The van der Waals surface area contributed by atoms with Gasteiger partial charge in [0.2, 0.25) is 0 Å². The van der Waals surface area contributed by atoms with Gasteiger partial charge in [0, 0.05) is 24.3 Å². The molecule has 1 amide bonds. The molecule has 0 aliphatic carbocycles. The molecular formula is C26H28N2O4S. The third kappa shape index (κ3) is 5.93. The number of carbonyl (C=O) groups is 1. The van der Waals surface area contributed by atoms with Crippen molar-refractivity contribution in [3.05, 3.63) is 90.0 Å². The number of carbonyl (C=O) groups excluding carboxylic acids is 1. The predicted molar refractivity (Wildman–Crippen MR) is 129 cm³/mol. The third-order valence-corrected chi connectivity index (χ3v) is 7.20. The Morgan fingerprint density at radius 1 is 0.970 bits per heavy atom. The van der Waals surface area contributed by atoms with E-state index < -0.39 is 10.0 Å². The summed E-state index contributed by atoms with van der Waals surface area (Å²) >= 11 is 0. The summed E-state index contributed by atoms with van der Waals surface area (Å²) in [6, 6.07) is 23.1. The quantitative estimate of drug-likeness (QED) is 0.549. The number of benzene rings is 3. The largest absolute Gasteiger partial charge is 0.493 e. The highest BCUT2D eigenvalue weighted by Gasteiger charge is 2.25. The van der Waals surface area contributed by atoms with Crippen molar-refractivity contribution in [2.75, 3.05) is 24.4 Å². The minimum absolute atomic E-state index is 0.0695. The second-order valence-electron chi connectivity index (χ2n) is 8.36. The molecule has 1 fully saturated rings. The van der Waals surface area contributed by atoms with Crippen LogP contribution in [0.2, 0.25) is 0 Å². The number of nitrogens with one attached hydrogen (secondary N) is 1. The molecule has 1 saturated heterocycles. The monoisotopic (exact) mass is 464 g/mol. The van der Waals surface area contributed by atoms with Crippen molar-refractivity contribution in [3.8, 4) is 5.75 Å². The van der Waals surface area contributed by atoms with Gasteiger partial charge in [0.1, 0.15) is 5.75 Å². The highest BCUT2D eigenvalue weighted by Crippen LogP contribution is 2.23. The molecule has 1 N–H and O–H groups in total. The van der Waals surface area contributed by atoms with Gasteiger partial charge in [-0.05, 0) is 68.1 Å². The summed E-state index contributed by atoms with van der Waals surface area (Å²) in [6.45, 7) is 3.82. The van der Waals surface area contributed by atoms with Gasteiger partial charge in [-0.15, -0.1) is 0 Å². The number of nitrogens with zero attached hydrogens (tertiary/aromatic N) is 1. The Bertz CT molecular complexity index is 1190. The molecule has 0 saturated carbocycles. The molecule has 3 aromatic carbocycles. The SMILES string of the molecule is Cc1ccc(NS(=O)(=O)c2cccc(C(=O)N3CCC(COc4ccccc4)CC3)c2)cc1. The maximum Gasteiger partial charge on any atom is 0.261 e. The fourth-order valence-corrected chi connectivity index (χ4v) is 4.95. The predicted octanol–water partition coefficient (Wildman–Crippen LogP) is 4.73. The van der Waals surface area contributed by atoms with Crippen molar-refractivity contribution in [1.29, 1.82) is 0 Å². The van der Waals surface area contributed by atoms with E-state index in [0.717, 1.165) is 24.2 Å². The van der Waals surface area contributed by atoms with Gasteiger partial charge < -0.3 is 9.64 Å². The van der Waals surface area contributed by atoms with Gasteiger partial charge in [0.25, 0.3) is 15.9 Å². The van der Waals surface area contributed by atoms with E-state index >= 15 is 0 Å². The van der Waals surface area contributed by atoms with Crippen LogP contribution in [0.5, 0.6) is 5.75 Å². The molecule has 0 atom stereocenters. The van der Waals surface area contributed by atoms with Gasteiger partial charge in [0.15, 0.2) is 0 Å². The summed E-state index contributed by atoms with van der Waals surface area (Å²) in [5, 5.41) is 0. The van der Waals surface area contributed by atoms with Crippen molar-refractivity contribution < 1.29 is 17.9 Å². The van der Waals surface area contributed by atoms with Gasteiger partial charge in [-0.2, -0.15) is 0 Å². The van der Waals surface area contributed by atoms with E-state index in [1.807, 2.05) is 49.4 Å². The average Bonchev–Trinajstić information content (AvgIpc) is 2.85. The molecule has 3 aromatic rings. The Morgan fingerprint density at radius 3 is 2.36 bits per heavy atom. The zero-order valence-electron chi connectivity index (χ0n) is 18.6. The molecule has 7 heteroatoms. The highest BCUT2D eigenvalue weighted by molar-refractivity contribution is 7.92. The normalized spacial score (nSPS) is 14.6. The molecule has 0 bridgehead atoms. The van der Waals surface area contributed by atoms with E-state index in [9.17, 15) is 13.2 Å². The molecule has 4 rings (SSSR count). The number of anilines is 1. The second kappa shape index (κ2) is 10.1. The molecule has 33 heavy (non-hydrogen) atoms. The number of hydrogen-bond donors (Lipinski definition) is 1. The maximum atomic E-state index is 13.0. The number of aryl methyl sites for hydroxylation is 1. The number of para-hydroxylation sites is 1. The Kier molecular flexibility index (Phi) is 6.99. The first kappa shape index (κ1) is 22.9. The first-order valence-electron chi connectivity index (χ1n) is 11.1. The molecule has 1 aliphatic heterocycles. The number of sulfonamides is 1. The number of piperidine rings is 1. The van der Waals surface area contributed by atoms with E-state index in [-0.39, 0.29) is 10.8 Å². The van der Waals surface area contributed by atoms with E-state index in [4.69, 9.17) is 4.74 Å². The van der Waals surface area contributed by atoms with Gasteiger partial charge >= 0.3 is 0 Å². The molecule has 1 heterocycles. The molecule has 0 radical (unpaired) electrons. The number of hydrogen-bond acceptors (Lipinski definition) is 4. The first-order valence-corrected chi connectivity index (χ1v) is 12.6. The first-order chi connectivity index (χ1) is 15.9. The zero-order valence-corrected chi connectivity index (χ0v) is 19.4. The van der Waals surface area contributed by atoms with Crippen LogP contribution < -0.4 is 9.46 Å². The van der Waals surface area contributed by atoms with Gasteiger partial charge in [-0.1, -0.05) is 42.0 Å². The van der Waals surface area contributed by atoms with Crippen LogP contribution in [-0.4, -0.2) is 38.9 Å². The number of likely N-dealkylation sites (tertiary alicyclic amines) is 1. The second-order valence-corrected chi connectivity index (χ2v) is 10.0. The molecule has 0 unspecified atom stereocenters. The van der Waals surface area contributed by atoms with Crippen LogP contribution in [-0.2, 0) is 10.0 Å². The zero-order chi connectivity index (χ0) is 23.3. The van der Waals surface area contributed by atoms with Crippen LogP contribution >= 0.6 is 0 Å². The summed E-state index contributed by atoms with van der Waals surface area (Å²) in [7, 11) is -3.79. The highest BCUT2D eigenvalue weighted by atomic mass is 32.2. The van der Waals surface area contributed by atoms with Crippen molar-refractivity contribution in [2.45, 2.75) is 24.7 Å². The van der Waals surface area contributed by atoms with Gasteiger partial charge in [0.05, 0.1) is 11.5 Å². The van der Waals surface area contributed by atoms with Crippen molar-refractivity contribution in [2.24, 2.45) is 5.92 Å². The number of ether oxygens (including phenoxy) is 1. The topological polar surface area (TPSA) is 75.7 Å². The lowest BCUT2D eigenvalue weighted by Crippen LogP contribution is -2.39. The molecule has 6 nitrogen and oxygen atoms in total. The Hall–Kier alpha value is -3.32. The van der Waals surface area contributed by atoms with E-state index in [1.54, 1.807) is 29.2 Å². The van der Waals surface area contributed by atoms with E-state index in [1.165, 1.54) is 12.1 Å². The van der Waals surface area contributed by atoms with Crippen molar-refractivity contribution in [1.82, 2.24) is 4.90 Å². The maximum absolute atomic E-state index is 13.0. The summed E-state index contributed by atoms with van der Waals surface area (Å²) in [6.07, 6.45) is 1.71. The number of rotatable bonds is 7. The van der Waals surface area contributed by atoms with Crippen molar-refractivity contribution in [3.63, 3.8) is 0 Å².